The van der Waals surface area contributed by atoms with Crippen LogP contribution in [0.25, 0.3) is 93.6 Å². The molecular weight excluding hydrogens is 595 g/mol. The SMILES string of the molecule is c1cc(-c2ccc(-c3cc4c(-c5ccc6ccccc6c5)nc5ccccc5c4c4ccccc34)cc2)cc(-c2cn3ccccc3n2)c1. The molecule has 0 fully saturated rings. The average Bonchev–Trinajstić information content (AvgIpc) is 3.62. The Kier molecular flexibility index (Phi) is 6.18. The number of pyridine rings is 2. The zero-order valence-corrected chi connectivity index (χ0v) is 26.6. The predicted octanol–water partition coefficient (Wildman–Crippen LogP) is 12.0. The lowest BCUT2D eigenvalue weighted by molar-refractivity contribution is 1.19. The molecule has 0 N–H and O–H groups in total. The van der Waals surface area contributed by atoms with Gasteiger partial charge in [0.1, 0.15) is 5.65 Å². The van der Waals surface area contributed by atoms with Crippen molar-refractivity contribution in [1.29, 1.82) is 0 Å². The molecule has 3 heterocycles. The molecule has 0 aliphatic carbocycles. The molecule has 0 saturated carbocycles. The molecule has 7 aromatic carbocycles. The van der Waals surface area contributed by atoms with E-state index in [2.05, 4.69) is 156 Å². The van der Waals surface area contributed by atoms with Crippen molar-refractivity contribution in [2.75, 3.05) is 0 Å². The summed E-state index contributed by atoms with van der Waals surface area (Å²) in [6, 6.07) is 58.6. The summed E-state index contributed by atoms with van der Waals surface area (Å²) >= 11 is 0. The lowest BCUT2D eigenvalue weighted by Crippen LogP contribution is -1.93. The molecule has 0 saturated heterocycles. The van der Waals surface area contributed by atoms with Gasteiger partial charge in [-0.05, 0) is 80.2 Å². The number of benzene rings is 7. The number of hydrogen-bond donors (Lipinski definition) is 0. The van der Waals surface area contributed by atoms with Crippen LogP contribution in [0.4, 0.5) is 0 Å². The molecule has 0 amide bonds. The van der Waals surface area contributed by atoms with Gasteiger partial charge < -0.3 is 4.40 Å². The first-order chi connectivity index (χ1) is 24.3. The monoisotopic (exact) mass is 623 g/mol. The fourth-order valence-corrected chi connectivity index (χ4v) is 7.39. The summed E-state index contributed by atoms with van der Waals surface area (Å²) in [5.74, 6) is 0. The average molecular weight is 624 g/mol. The van der Waals surface area contributed by atoms with Gasteiger partial charge in [-0.3, -0.25) is 0 Å². The Morgan fingerprint density at radius 1 is 0.408 bits per heavy atom. The number of para-hydroxylation sites is 1. The van der Waals surface area contributed by atoms with E-state index in [-0.39, 0.29) is 0 Å². The molecule has 3 nitrogen and oxygen atoms in total. The van der Waals surface area contributed by atoms with Crippen LogP contribution in [0.1, 0.15) is 0 Å². The molecular formula is C46H29N3. The fourth-order valence-electron chi connectivity index (χ4n) is 7.39. The second kappa shape index (κ2) is 11.0. The maximum absolute atomic E-state index is 5.32. The third-order valence-electron chi connectivity index (χ3n) is 9.78. The van der Waals surface area contributed by atoms with Crippen LogP contribution in [0.3, 0.4) is 0 Å². The number of hydrogen-bond acceptors (Lipinski definition) is 2. The number of rotatable bonds is 4. The van der Waals surface area contributed by atoms with Crippen molar-refractivity contribution in [2.45, 2.75) is 0 Å². The van der Waals surface area contributed by atoms with E-state index in [0.29, 0.717) is 0 Å². The van der Waals surface area contributed by atoms with Gasteiger partial charge in [0.25, 0.3) is 0 Å². The van der Waals surface area contributed by atoms with Gasteiger partial charge in [0, 0.05) is 39.7 Å². The normalized spacial score (nSPS) is 11.7. The van der Waals surface area contributed by atoms with Crippen LogP contribution in [-0.2, 0) is 0 Å². The Morgan fingerprint density at radius 2 is 1.12 bits per heavy atom. The first kappa shape index (κ1) is 27.5. The van der Waals surface area contributed by atoms with Crippen LogP contribution in [0.2, 0.25) is 0 Å². The van der Waals surface area contributed by atoms with Crippen LogP contribution in [0.15, 0.2) is 176 Å². The maximum atomic E-state index is 5.32. The van der Waals surface area contributed by atoms with E-state index in [1.54, 1.807) is 0 Å². The molecule has 228 valence electrons. The van der Waals surface area contributed by atoms with Crippen LogP contribution in [0, 0.1) is 0 Å². The summed E-state index contributed by atoms with van der Waals surface area (Å²) in [5, 5.41) is 8.49. The van der Waals surface area contributed by atoms with Gasteiger partial charge in [-0.15, -0.1) is 0 Å². The van der Waals surface area contributed by atoms with E-state index in [9.17, 15) is 0 Å². The zero-order chi connectivity index (χ0) is 32.3. The van der Waals surface area contributed by atoms with Crippen molar-refractivity contribution in [2.24, 2.45) is 0 Å². The quantitative estimate of drug-likeness (QED) is 0.183. The summed E-state index contributed by atoms with van der Waals surface area (Å²) in [6.45, 7) is 0. The van der Waals surface area contributed by atoms with Crippen molar-refractivity contribution >= 4 is 48.9 Å². The lowest BCUT2D eigenvalue weighted by Gasteiger charge is -2.16. The summed E-state index contributed by atoms with van der Waals surface area (Å²) in [7, 11) is 0. The molecule has 49 heavy (non-hydrogen) atoms. The Hall–Kier alpha value is -6.58. The maximum Gasteiger partial charge on any atom is 0.137 e. The van der Waals surface area contributed by atoms with Crippen molar-refractivity contribution < 1.29 is 0 Å². The van der Waals surface area contributed by atoms with Gasteiger partial charge in [-0.25, -0.2) is 9.97 Å². The van der Waals surface area contributed by atoms with Gasteiger partial charge >= 0.3 is 0 Å². The molecule has 3 heteroatoms. The van der Waals surface area contributed by atoms with E-state index in [1.807, 2.05) is 24.4 Å². The molecule has 0 bridgehead atoms. The molecule has 0 atom stereocenters. The molecule has 10 aromatic rings. The highest BCUT2D eigenvalue weighted by Crippen LogP contribution is 2.42. The van der Waals surface area contributed by atoms with Crippen molar-refractivity contribution in [1.82, 2.24) is 14.4 Å². The molecule has 0 radical (unpaired) electrons. The molecule has 0 unspecified atom stereocenters. The fraction of sp³-hybridized carbons (Fsp3) is 0. The van der Waals surface area contributed by atoms with Crippen LogP contribution in [0.5, 0.6) is 0 Å². The van der Waals surface area contributed by atoms with Gasteiger partial charge in [0.2, 0.25) is 0 Å². The van der Waals surface area contributed by atoms with Crippen molar-refractivity contribution in [3.05, 3.63) is 176 Å². The van der Waals surface area contributed by atoms with Crippen LogP contribution < -0.4 is 0 Å². The third-order valence-corrected chi connectivity index (χ3v) is 9.78. The second-order valence-corrected chi connectivity index (χ2v) is 12.7. The largest absolute Gasteiger partial charge is 0.306 e. The van der Waals surface area contributed by atoms with Crippen LogP contribution in [-0.4, -0.2) is 14.4 Å². The number of aromatic nitrogens is 3. The molecule has 3 aromatic heterocycles. The minimum absolute atomic E-state index is 0.946. The van der Waals surface area contributed by atoms with Crippen molar-refractivity contribution in [3.63, 3.8) is 0 Å². The Morgan fingerprint density at radius 3 is 2.00 bits per heavy atom. The lowest BCUT2D eigenvalue weighted by atomic mass is 9.89. The Balaban J connectivity index is 1.14. The van der Waals surface area contributed by atoms with Crippen molar-refractivity contribution in [3.8, 4) is 44.8 Å². The number of fused-ring (bicyclic) bond motifs is 7. The minimum Gasteiger partial charge on any atom is -0.306 e. The van der Waals surface area contributed by atoms with E-state index in [4.69, 9.17) is 9.97 Å². The first-order valence-corrected chi connectivity index (χ1v) is 16.7. The smallest absolute Gasteiger partial charge is 0.137 e. The van der Waals surface area contributed by atoms with Crippen LogP contribution >= 0.6 is 0 Å². The first-order valence-electron chi connectivity index (χ1n) is 16.7. The summed E-state index contributed by atoms with van der Waals surface area (Å²) in [6.07, 6.45) is 4.13. The molecule has 0 spiro atoms. The van der Waals surface area contributed by atoms with E-state index >= 15 is 0 Å². The third kappa shape index (κ3) is 4.59. The zero-order valence-electron chi connectivity index (χ0n) is 26.6. The highest BCUT2D eigenvalue weighted by atomic mass is 15.0. The van der Waals surface area contributed by atoms with Gasteiger partial charge in [0.15, 0.2) is 0 Å². The van der Waals surface area contributed by atoms with Gasteiger partial charge in [0.05, 0.1) is 16.9 Å². The molecule has 0 aliphatic rings. The predicted molar refractivity (Wildman–Crippen MR) is 205 cm³/mol. The Bertz CT molecular complexity index is 2850. The van der Waals surface area contributed by atoms with E-state index in [1.165, 1.54) is 54.6 Å². The Labute approximate surface area is 283 Å². The second-order valence-electron chi connectivity index (χ2n) is 12.7. The number of nitrogens with zero attached hydrogens (tertiary/aromatic N) is 3. The highest BCUT2D eigenvalue weighted by Gasteiger charge is 2.17. The molecule has 10 rings (SSSR count). The number of imidazole rings is 1. The summed E-state index contributed by atoms with van der Waals surface area (Å²) in [5.41, 5.74) is 10.9. The molecule has 0 aliphatic heterocycles. The van der Waals surface area contributed by atoms with E-state index < -0.39 is 0 Å². The minimum atomic E-state index is 0.946. The summed E-state index contributed by atoms with van der Waals surface area (Å²) in [4.78, 5) is 10.2. The summed E-state index contributed by atoms with van der Waals surface area (Å²) < 4.78 is 2.06. The standard InChI is InChI=1S/C46H29N3/c1-2-11-33-27-36(24-21-30(33)10-1)46-41-28-40(37-14-3-4-15-38(37)45(41)39-16-5-6-17-42(39)48-46)32-22-19-31(20-23-32)34-12-9-13-35(26-34)43-29-49-25-8-7-18-44(49)47-43/h1-29H. The van der Waals surface area contributed by atoms with E-state index in [0.717, 1.165) is 39.1 Å². The van der Waals surface area contributed by atoms with Gasteiger partial charge in [-0.1, -0.05) is 127 Å². The highest BCUT2D eigenvalue weighted by molar-refractivity contribution is 6.25. The van der Waals surface area contributed by atoms with Gasteiger partial charge in [-0.2, -0.15) is 0 Å². The topological polar surface area (TPSA) is 30.2 Å².